The van der Waals surface area contributed by atoms with Crippen LogP contribution in [0.1, 0.15) is 35.7 Å². The maximum Gasteiger partial charge on any atom is 0.132 e. The second-order valence-electron chi connectivity index (χ2n) is 5.93. The van der Waals surface area contributed by atoms with E-state index in [1.54, 1.807) is 38.1 Å². The normalized spacial score (nSPS) is 11.6. The largest absolute Gasteiger partial charge is 0.359 e. The Hall–Kier alpha value is -2.91. The lowest BCUT2D eigenvalue weighted by Gasteiger charge is -2.11. The number of benzene rings is 1. The number of aryl methyl sites for hydroxylation is 1. The smallest absolute Gasteiger partial charge is 0.132 e. The van der Waals surface area contributed by atoms with Crippen LogP contribution in [0.4, 0.5) is 8.87 Å². The summed E-state index contributed by atoms with van der Waals surface area (Å²) in [6.07, 6.45) is 3.31. The maximum atomic E-state index is 14.2. The van der Waals surface area contributed by atoms with Gasteiger partial charge in [-0.05, 0) is 57.0 Å². The maximum absolute atomic E-state index is 14.2. The highest BCUT2D eigenvalue weighted by atomic mass is 32.1. The monoisotopic (exact) mass is 385 g/mol. The topological polar surface area (TPSA) is 28.2 Å². The fourth-order valence-corrected chi connectivity index (χ4v) is 2.63. The molecular weight excluding hydrogens is 364 g/mol. The van der Waals surface area contributed by atoms with Gasteiger partial charge < -0.3 is 5.32 Å². The van der Waals surface area contributed by atoms with Crippen LogP contribution in [0, 0.1) is 24.6 Å². The number of nitrogens with zero attached hydrogens (tertiary/aromatic N) is 2. The minimum absolute atomic E-state index is 0.326. The second kappa shape index (κ2) is 9.15. The first-order valence-corrected chi connectivity index (χ1v) is 9.09. The minimum Gasteiger partial charge on any atom is -0.359 e. The molecule has 0 unspecified atom stereocenters. The predicted octanol–water partition coefficient (Wildman–Crippen LogP) is 5.17. The molecule has 0 bridgehead atoms. The number of halogens is 2. The predicted molar refractivity (Wildman–Crippen MR) is 108 cm³/mol. The van der Waals surface area contributed by atoms with Gasteiger partial charge in [0.15, 0.2) is 0 Å². The van der Waals surface area contributed by atoms with Crippen molar-refractivity contribution in [2.75, 3.05) is 7.05 Å². The number of allylic oxidation sites excluding steroid dienone is 4. The van der Waals surface area contributed by atoms with Gasteiger partial charge in [-0.1, -0.05) is 12.5 Å². The van der Waals surface area contributed by atoms with Crippen molar-refractivity contribution in [3.05, 3.63) is 81.3 Å². The van der Waals surface area contributed by atoms with Gasteiger partial charge in [0.2, 0.25) is 0 Å². The molecule has 0 radical (unpaired) electrons. The zero-order valence-corrected chi connectivity index (χ0v) is 16.5. The van der Waals surface area contributed by atoms with Crippen LogP contribution in [-0.4, -0.2) is 17.2 Å². The molecule has 0 fully saturated rings. The van der Waals surface area contributed by atoms with E-state index in [1.165, 1.54) is 24.5 Å². The summed E-state index contributed by atoms with van der Waals surface area (Å²) in [7, 11) is 1.32. The zero-order valence-electron chi connectivity index (χ0n) is 15.7. The second-order valence-corrected chi connectivity index (χ2v) is 7.00. The molecular formula is C21H21F2N3S. The Labute approximate surface area is 162 Å². The molecule has 1 aromatic carbocycles. The molecule has 0 saturated carbocycles. The molecule has 0 amide bonds. The summed E-state index contributed by atoms with van der Waals surface area (Å²) in [4.78, 5) is 4.29. The summed E-state index contributed by atoms with van der Waals surface area (Å²) in [5.74, 6) is 5.56. The van der Waals surface area contributed by atoms with Crippen LogP contribution in [0.3, 0.4) is 0 Å². The van der Waals surface area contributed by atoms with Gasteiger partial charge in [0.25, 0.3) is 0 Å². The highest BCUT2D eigenvalue weighted by molar-refractivity contribution is 7.09. The number of aromatic nitrogens is 1. The molecule has 2 aromatic rings. The molecule has 27 heavy (non-hydrogen) atoms. The Bertz CT molecular complexity index is 959. The fourth-order valence-electron chi connectivity index (χ4n) is 2.09. The van der Waals surface area contributed by atoms with Crippen molar-refractivity contribution in [3.63, 3.8) is 0 Å². The Morgan fingerprint density at radius 2 is 2.04 bits per heavy atom. The molecule has 0 spiro atoms. The quantitative estimate of drug-likeness (QED) is 0.437. The number of hydrogen-bond donors (Lipinski definition) is 1. The average Bonchev–Trinajstić information content (AvgIpc) is 3.04. The third-order valence-corrected chi connectivity index (χ3v) is 4.43. The third kappa shape index (κ3) is 6.08. The SMILES string of the molecule is C=C(N/C(C)=C/C=C(/C)N(C)F)c1cc(C#Cc2csc(C)n2)ccc1F. The minimum atomic E-state index is -0.398. The standard InChI is InChI=1S/C21H21F2N3S/c1-14(6-7-15(2)26(5)23)24-16(3)20-12-18(9-11-21(20)22)8-10-19-13-27-17(4)25-19/h6-7,9,11-13,24H,3H2,1-2,4-5H3/b14-6+,15-7-. The average molecular weight is 385 g/mol. The summed E-state index contributed by atoms with van der Waals surface area (Å²) in [6, 6.07) is 4.62. The molecule has 1 N–H and O–H groups in total. The van der Waals surface area contributed by atoms with E-state index in [2.05, 4.69) is 28.7 Å². The lowest BCUT2D eigenvalue weighted by molar-refractivity contribution is 0.108. The van der Waals surface area contributed by atoms with E-state index in [0.717, 1.165) is 5.01 Å². The van der Waals surface area contributed by atoms with E-state index in [1.807, 2.05) is 12.3 Å². The van der Waals surface area contributed by atoms with E-state index in [0.29, 0.717) is 39.0 Å². The van der Waals surface area contributed by atoms with Gasteiger partial charge in [-0.2, -0.15) is 0 Å². The third-order valence-electron chi connectivity index (χ3n) is 3.65. The summed E-state index contributed by atoms with van der Waals surface area (Å²) in [6.45, 7) is 9.25. The molecule has 0 aliphatic rings. The van der Waals surface area contributed by atoms with E-state index in [9.17, 15) is 8.87 Å². The first kappa shape index (κ1) is 20.4. The summed E-state index contributed by atoms with van der Waals surface area (Å²) in [5, 5.41) is 6.36. The zero-order chi connectivity index (χ0) is 20.0. The Morgan fingerprint density at radius 1 is 1.30 bits per heavy atom. The number of nitrogens with one attached hydrogen (secondary N) is 1. The van der Waals surface area contributed by atoms with Gasteiger partial charge in [0.1, 0.15) is 11.5 Å². The van der Waals surface area contributed by atoms with Crippen LogP contribution in [0.5, 0.6) is 0 Å². The Balaban J connectivity index is 2.18. The number of thiazole rings is 1. The molecule has 0 aliphatic heterocycles. The van der Waals surface area contributed by atoms with Gasteiger partial charge in [-0.25, -0.2) is 14.5 Å². The van der Waals surface area contributed by atoms with E-state index in [4.69, 9.17) is 0 Å². The summed E-state index contributed by atoms with van der Waals surface area (Å²) < 4.78 is 27.2. The van der Waals surface area contributed by atoms with Crippen LogP contribution < -0.4 is 5.32 Å². The van der Waals surface area contributed by atoms with Crippen molar-refractivity contribution >= 4 is 17.0 Å². The van der Waals surface area contributed by atoms with Gasteiger partial charge in [0.05, 0.1) is 5.01 Å². The van der Waals surface area contributed by atoms with Crippen LogP contribution in [-0.2, 0) is 0 Å². The van der Waals surface area contributed by atoms with Gasteiger partial charge in [-0.15, -0.1) is 15.8 Å². The highest BCUT2D eigenvalue weighted by Gasteiger charge is 2.07. The lowest BCUT2D eigenvalue weighted by atomic mass is 10.1. The molecule has 1 heterocycles. The molecule has 2 rings (SSSR count). The van der Waals surface area contributed by atoms with E-state index in [-0.39, 0.29) is 0 Å². The molecule has 1 aromatic heterocycles. The molecule has 3 nitrogen and oxygen atoms in total. The van der Waals surface area contributed by atoms with Crippen LogP contribution in [0.2, 0.25) is 0 Å². The van der Waals surface area contributed by atoms with Crippen molar-refractivity contribution in [2.45, 2.75) is 20.8 Å². The van der Waals surface area contributed by atoms with Crippen LogP contribution >= 0.6 is 11.3 Å². The van der Waals surface area contributed by atoms with Crippen LogP contribution in [0.15, 0.2) is 53.7 Å². The highest BCUT2D eigenvalue weighted by Crippen LogP contribution is 2.18. The van der Waals surface area contributed by atoms with Crippen molar-refractivity contribution in [1.29, 1.82) is 0 Å². The first-order valence-electron chi connectivity index (χ1n) is 8.21. The Morgan fingerprint density at radius 3 is 2.67 bits per heavy atom. The van der Waals surface area contributed by atoms with Gasteiger partial charge in [0, 0.05) is 40.6 Å². The fraction of sp³-hybridized carbons (Fsp3) is 0.190. The van der Waals surface area contributed by atoms with Gasteiger partial charge >= 0.3 is 0 Å². The Kier molecular flexibility index (Phi) is 6.91. The van der Waals surface area contributed by atoms with Gasteiger partial charge in [-0.3, -0.25) is 0 Å². The molecule has 0 atom stereocenters. The van der Waals surface area contributed by atoms with Crippen LogP contribution in [0.25, 0.3) is 5.70 Å². The molecule has 6 heteroatoms. The van der Waals surface area contributed by atoms with Crippen molar-refractivity contribution in [1.82, 2.24) is 15.4 Å². The number of rotatable bonds is 5. The summed E-state index contributed by atoms with van der Waals surface area (Å²) >= 11 is 1.53. The molecule has 0 aliphatic carbocycles. The first-order chi connectivity index (χ1) is 12.8. The lowest BCUT2D eigenvalue weighted by Crippen LogP contribution is -2.10. The molecule has 0 saturated heterocycles. The van der Waals surface area contributed by atoms with Crippen molar-refractivity contribution < 1.29 is 8.87 Å². The van der Waals surface area contributed by atoms with E-state index >= 15 is 0 Å². The summed E-state index contributed by atoms with van der Waals surface area (Å²) in [5.41, 5.74) is 3.23. The van der Waals surface area contributed by atoms with E-state index < -0.39 is 5.82 Å². The molecule has 140 valence electrons. The van der Waals surface area contributed by atoms with Crippen molar-refractivity contribution in [2.24, 2.45) is 0 Å². The number of hydrogen-bond acceptors (Lipinski definition) is 4. The van der Waals surface area contributed by atoms with Crippen molar-refractivity contribution in [3.8, 4) is 11.8 Å².